The van der Waals surface area contributed by atoms with Crippen LogP contribution in [0.2, 0.25) is 0 Å². The molecule has 2 N–H and O–H groups in total. The second-order valence-corrected chi connectivity index (χ2v) is 4.82. The van der Waals surface area contributed by atoms with Gasteiger partial charge in [0.1, 0.15) is 0 Å². The molecule has 1 rings (SSSR count). The van der Waals surface area contributed by atoms with Crippen LogP contribution in [-0.2, 0) is 4.74 Å². The molecule has 0 spiro atoms. The minimum absolute atomic E-state index is 0.0816. The fourth-order valence-corrected chi connectivity index (χ4v) is 1.80. The van der Waals surface area contributed by atoms with Crippen LogP contribution in [0.4, 0.5) is 0 Å². The quantitative estimate of drug-likeness (QED) is 0.689. The van der Waals surface area contributed by atoms with Crippen molar-refractivity contribution in [2.24, 2.45) is 11.7 Å². The zero-order valence-electron chi connectivity index (χ0n) is 8.47. The van der Waals surface area contributed by atoms with Crippen molar-refractivity contribution in [3.8, 4) is 0 Å². The summed E-state index contributed by atoms with van der Waals surface area (Å²) in [6.07, 6.45) is 3.77. The Balaban J connectivity index is 2.32. The highest BCUT2D eigenvalue weighted by molar-refractivity contribution is 4.80. The maximum absolute atomic E-state index is 5.93. The van der Waals surface area contributed by atoms with Gasteiger partial charge in [0, 0.05) is 12.1 Å². The summed E-state index contributed by atoms with van der Waals surface area (Å²) in [5, 5.41) is 0. The Hall–Kier alpha value is -0.0800. The molecule has 0 radical (unpaired) electrons. The first-order chi connectivity index (χ1) is 5.47. The molecular formula is C10H21NO. The van der Waals surface area contributed by atoms with Crippen LogP contribution in [0, 0.1) is 5.92 Å². The SMILES string of the molecule is CC1CCOC(CC(C)(C)N)C1. The predicted octanol–water partition coefficient (Wildman–Crippen LogP) is 1.93. The summed E-state index contributed by atoms with van der Waals surface area (Å²) in [7, 11) is 0. The van der Waals surface area contributed by atoms with Gasteiger partial charge in [-0.2, -0.15) is 0 Å². The highest BCUT2D eigenvalue weighted by Gasteiger charge is 2.24. The van der Waals surface area contributed by atoms with Crippen molar-refractivity contribution in [1.29, 1.82) is 0 Å². The third-order valence-electron chi connectivity index (χ3n) is 2.38. The van der Waals surface area contributed by atoms with E-state index < -0.39 is 0 Å². The summed E-state index contributed by atoms with van der Waals surface area (Å²) in [5.41, 5.74) is 5.85. The van der Waals surface area contributed by atoms with E-state index >= 15 is 0 Å². The molecule has 12 heavy (non-hydrogen) atoms. The van der Waals surface area contributed by atoms with E-state index in [9.17, 15) is 0 Å². The van der Waals surface area contributed by atoms with E-state index in [-0.39, 0.29) is 5.54 Å². The molecule has 72 valence electrons. The molecule has 2 heteroatoms. The molecule has 0 aromatic heterocycles. The van der Waals surface area contributed by atoms with E-state index in [2.05, 4.69) is 20.8 Å². The van der Waals surface area contributed by atoms with Gasteiger partial charge in [-0.05, 0) is 39.0 Å². The maximum atomic E-state index is 5.93. The number of rotatable bonds is 2. The molecule has 2 atom stereocenters. The fourth-order valence-electron chi connectivity index (χ4n) is 1.80. The van der Waals surface area contributed by atoms with Crippen LogP contribution in [0.25, 0.3) is 0 Å². The zero-order valence-corrected chi connectivity index (χ0v) is 8.47. The number of nitrogens with two attached hydrogens (primary N) is 1. The molecule has 1 heterocycles. The Bertz CT molecular complexity index is 139. The second kappa shape index (κ2) is 3.75. The van der Waals surface area contributed by atoms with Gasteiger partial charge in [-0.25, -0.2) is 0 Å². The van der Waals surface area contributed by atoms with Gasteiger partial charge in [-0.15, -0.1) is 0 Å². The minimum Gasteiger partial charge on any atom is -0.378 e. The molecule has 1 saturated heterocycles. The van der Waals surface area contributed by atoms with E-state index in [0.29, 0.717) is 6.10 Å². The van der Waals surface area contributed by atoms with Gasteiger partial charge >= 0.3 is 0 Å². The van der Waals surface area contributed by atoms with Gasteiger partial charge in [0.2, 0.25) is 0 Å². The fraction of sp³-hybridized carbons (Fsp3) is 1.00. The smallest absolute Gasteiger partial charge is 0.0595 e. The van der Waals surface area contributed by atoms with Crippen molar-refractivity contribution in [3.63, 3.8) is 0 Å². The summed E-state index contributed by atoms with van der Waals surface area (Å²) in [4.78, 5) is 0. The Morgan fingerprint density at radius 1 is 1.50 bits per heavy atom. The first-order valence-corrected chi connectivity index (χ1v) is 4.88. The molecule has 0 bridgehead atoms. The van der Waals surface area contributed by atoms with Crippen LogP contribution in [-0.4, -0.2) is 18.2 Å². The lowest BCUT2D eigenvalue weighted by atomic mass is 9.90. The van der Waals surface area contributed by atoms with Crippen LogP contribution in [0.1, 0.15) is 40.0 Å². The second-order valence-electron chi connectivity index (χ2n) is 4.82. The van der Waals surface area contributed by atoms with E-state index in [4.69, 9.17) is 10.5 Å². The van der Waals surface area contributed by atoms with Crippen LogP contribution >= 0.6 is 0 Å². The van der Waals surface area contributed by atoms with Gasteiger partial charge in [0.25, 0.3) is 0 Å². The first kappa shape index (κ1) is 10.0. The lowest BCUT2D eigenvalue weighted by Crippen LogP contribution is -2.39. The van der Waals surface area contributed by atoms with Crippen molar-refractivity contribution in [1.82, 2.24) is 0 Å². The molecule has 0 saturated carbocycles. The molecule has 2 unspecified atom stereocenters. The van der Waals surface area contributed by atoms with Gasteiger partial charge < -0.3 is 10.5 Å². The molecule has 0 aromatic carbocycles. The highest BCUT2D eigenvalue weighted by atomic mass is 16.5. The lowest BCUT2D eigenvalue weighted by Gasteiger charge is -2.31. The van der Waals surface area contributed by atoms with Crippen molar-refractivity contribution < 1.29 is 4.74 Å². The van der Waals surface area contributed by atoms with E-state index in [1.807, 2.05) is 0 Å². The van der Waals surface area contributed by atoms with Crippen molar-refractivity contribution >= 4 is 0 Å². The van der Waals surface area contributed by atoms with Crippen LogP contribution in [0.3, 0.4) is 0 Å². The molecular weight excluding hydrogens is 150 g/mol. The van der Waals surface area contributed by atoms with E-state index in [1.54, 1.807) is 0 Å². The summed E-state index contributed by atoms with van der Waals surface area (Å²) >= 11 is 0. The third-order valence-corrected chi connectivity index (χ3v) is 2.38. The number of hydrogen-bond acceptors (Lipinski definition) is 2. The molecule has 0 aliphatic carbocycles. The maximum Gasteiger partial charge on any atom is 0.0595 e. The van der Waals surface area contributed by atoms with Gasteiger partial charge in [0.15, 0.2) is 0 Å². The first-order valence-electron chi connectivity index (χ1n) is 4.88. The molecule has 1 aliphatic heterocycles. The number of hydrogen-bond donors (Lipinski definition) is 1. The standard InChI is InChI=1S/C10H21NO/c1-8-4-5-12-9(6-8)7-10(2,3)11/h8-9H,4-7,11H2,1-3H3. The Morgan fingerprint density at radius 2 is 2.17 bits per heavy atom. The Morgan fingerprint density at radius 3 is 2.67 bits per heavy atom. The van der Waals surface area contributed by atoms with Crippen molar-refractivity contribution in [2.75, 3.05) is 6.61 Å². The Labute approximate surface area is 75.5 Å². The normalized spacial score (nSPS) is 32.0. The molecule has 0 amide bonds. The van der Waals surface area contributed by atoms with Gasteiger partial charge in [0.05, 0.1) is 6.10 Å². The minimum atomic E-state index is -0.0816. The molecule has 2 nitrogen and oxygen atoms in total. The average Bonchev–Trinajstić information content (AvgIpc) is 1.82. The van der Waals surface area contributed by atoms with Crippen molar-refractivity contribution in [3.05, 3.63) is 0 Å². The summed E-state index contributed by atoms with van der Waals surface area (Å²) in [5.74, 6) is 0.811. The zero-order chi connectivity index (χ0) is 9.19. The van der Waals surface area contributed by atoms with Crippen LogP contribution < -0.4 is 5.73 Å². The van der Waals surface area contributed by atoms with Crippen LogP contribution in [0.15, 0.2) is 0 Å². The lowest BCUT2D eigenvalue weighted by molar-refractivity contribution is -0.0182. The average molecular weight is 171 g/mol. The van der Waals surface area contributed by atoms with Crippen molar-refractivity contribution in [2.45, 2.75) is 51.7 Å². The van der Waals surface area contributed by atoms with Gasteiger partial charge in [-0.3, -0.25) is 0 Å². The topological polar surface area (TPSA) is 35.2 Å². The number of ether oxygens (including phenoxy) is 1. The van der Waals surface area contributed by atoms with E-state index in [0.717, 1.165) is 18.9 Å². The van der Waals surface area contributed by atoms with Crippen LogP contribution in [0.5, 0.6) is 0 Å². The third kappa shape index (κ3) is 3.55. The van der Waals surface area contributed by atoms with E-state index in [1.165, 1.54) is 12.8 Å². The summed E-state index contributed by atoms with van der Waals surface area (Å²) in [6.45, 7) is 7.34. The molecule has 1 fully saturated rings. The monoisotopic (exact) mass is 171 g/mol. The predicted molar refractivity (Wildman–Crippen MR) is 51.0 cm³/mol. The largest absolute Gasteiger partial charge is 0.378 e. The summed E-state index contributed by atoms with van der Waals surface area (Å²) in [6, 6.07) is 0. The van der Waals surface area contributed by atoms with Gasteiger partial charge in [-0.1, -0.05) is 6.92 Å². The highest BCUT2D eigenvalue weighted by Crippen LogP contribution is 2.24. The molecule has 0 aromatic rings. The Kier molecular flexibility index (Phi) is 3.13. The molecule has 1 aliphatic rings. The summed E-state index contributed by atoms with van der Waals surface area (Å²) < 4.78 is 5.64.